The summed E-state index contributed by atoms with van der Waals surface area (Å²) < 4.78 is 7.33. The molecule has 1 aliphatic heterocycles. The highest BCUT2D eigenvalue weighted by Crippen LogP contribution is 2.30. The second-order valence-electron chi connectivity index (χ2n) is 6.80. The number of rotatable bonds is 4. The number of esters is 1. The van der Waals surface area contributed by atoms with Crippen LogP contribution in [-0.4, -0.2) is 22.2 Å². The number of aromatic nitrogens is 1. The molecule has 4 rings (SSSR count). The van der Waals surface area contributed by atoms with Crippen LogP contribution in [0.4, 0.5) is 0 Å². The average molecular weight is 420 g/mol. The normalized spacial score (nSPS) is 16.2. The van der Waals surface area contributed by atoms with Gasteiger partial charge in [0.15, 0.2) is 4.80 Å². The summed E-state index contributed by atoms with van der Waals surface area (Å²) in [6, 6.07) is 15.4. The van der Waals surface area contributed by atoms with Crippen molar-refractivity contribution >= 4 is 23.4 Å². The van der Waals surface area contributed by atoms with E-state index in [0.717, 1.165) is 11.1 Å². The lowest BCUT2D eigenvalue weighted by Gasteiger charge is -2.24. The molecule has 0 saturated heterocycles. The number of phenolic OH excluding ortho intramolecular Hbond substituents is 1. The van der Waals surface area contributed by atoms with Crippen LogP contribution in [0.5, 0.6) is 5.75 Å². The van der Waals surface area contributed by atoms with Gasteiger partial charge in [0.05, 0.1) is 28.5 Å². The van der Waals surface area contributed by atoms with Gasteiger partial charge in [-0.2, -0.15) is 0 Å². The van der Waals surface area contributed by atoms with Gasteiger partial charge in [-0.05, 0) is 43.2 Å². The standard InChI is InChI=1S/C23H20N2O4S/c1-3-29-22(28)19-14(2)24-23-25(20(19)16-7-5-4-6-8-16)21(27)18(30-23)13-15-9-11-17(26)12-10-15/h4-13,20,26H,3H2,1-2H3/b18-13-/t20-/m1/s1. The molecule has 1 aromatic heterocycles. The van der Waals surface area contributed by atoms with Gasteiger partial charge in [-0.3, -0.25) is 9.36 Å². The fraction of sp³-hybridized carbons (Fsp3) is 0.174. The molecule has 1 N–H and O–H groups in total. The minimum absolute atomic E-state index is 0.160. The smallest absolute Gasteiger partial charge is 0.338 e. The summed E-state index contributed by atoms with van der Waals surface area (Å²) in [7, 11) is 0. The zero-order valence-corrected chi connectivity index (χ0v) is 17.3. The summed E-state index contributed by atoms with van der Waals surface area (Å²) in [5.41, 5.74) is 2.28. The lowest BCUT2D eigenvalue weighted by Crippen LogP contribution is -2.39. The quantitative estimate of drug-likeness (QED) is 0.658. The lowest BCUT2D eigenvalue weighted by atomic mass is 9.96. The van der Waals surface area contributed by atoms with E-state index in [2.05, 4.69) is 4.99 Å². The zero-order chi connectivity index (χ0) is 21.3. The van der Waals surface area contributed by atoms with Gasteiger partial charge in [0.25, 0.3) is 5.56 Å². The number of phenols is 1. The van der Waals surface area contributed by atoms with Crippen molar-refractivity contribution in [3.63, 3.8) is 0 Å². The Hall–Kier alpha value is -3.45. The third kappa shape index (κ3) is 3.59. The zero-order valence-electron chi connectivity index (χ0n) is 16.5. The van der Waals surface area contributed by atoms with E-state index in [1.165, 1.54) is 11.3 Å². The molecule has 0 bridgehead atoms. The van der Waals surface area contributed by atoms with Crippen molar-refractivity contribution in [1.29, 1.82) is 0 Å². The minimum Gasteiger partial charge on any atom is -0.508 e. The van der Waals surface area contributed by atoms with E-state index >= 15 is 0 Å². The molecule has 2 heterocycles. The number of carbonyl (C=O) groups excluding carboxylic acids is 1. The molecular weight excluding hydrogens is 400 g/mol. The number of nitrogens with zero attached hydrogens (tertiary/aromatic N) is 2. The van der Waals surface area contributed by atoms with Gasteiger partial charge in [-0.1, -0.05) is 53.8 Å². The highest BCUT2D eigenvalue weighted by molar-refractivity contribution is 7.07. The third-order valence-corrected chi connectivity index (χ3v) is 5.81. The Morgan fingerprint density at radius 1 is 1.20 bits per heavy atom. The Kier molecular flexibility index (Phi) is 5.37. The van der Waals surface area contributed by atoms with E-state index in [1.54, 1.807) is 48.8 Å². The lowest BCUT2D eigenvalue weighted by molar-refractivity contribution is -0.139. The maximum Gasteiger partial charge on any atom is 0.338 e. The molecule has 0 spiro atoms. The number of carbonyl (C=O) groups is 1. The molecular formula is C23H20N2O4S. The maximum atomic E-state index is 13.4. The Balaban J connectivity index is 1.94. The first-order valence-electron chi connectivity index (χ1n) is 9.53. The summed E-state index contributed by atoms with van der Waals surface area (Å²) >= 11 is 1.27. The van der Waals surface area contributed by atoms with Gasteiger partial charge in [0.2, 0.25) is 0 Å². The molecule has 1 atom stereocenters. The summed E-state index contributed by atoms with van der Waals surface area (Å²) in [6.45, 7) is 3.75. The second kappa shape index (κ2) is 8.12. The molecule has 0 radical (unpaired) electrons. The van der Waals surface area contributed by atoms with E-state index in [4.69, 9.17) is 4.74 Å². The van der Waals surface area contributed by atoms with Gasteiger partial charge in [0.1, 0.15) is 5.75 Å². The van der Waals surface area contributed by atoms with Gasteiger partial charge in [-0.25, -0.2) is 9.79 Å². The van der Waals surface area contributed by atoms with Crippen molar-refractivity contribution in [3.8, 4) is 5.75 Å². The first kappa shape index (κ1) is 19.8. The number of fused-ring (bicyclic) bond motifs is 1. The highest BCUT2D eigenvalue weighted by Gasteiger charge is 2.33. The molecule has 0 fully saturated rings. The molecule has 3 aromatic rings. The molecule has 0 amide bonds. The van der Waals surface area contributed by atoms with Gasteiger partial charge in [-0.15, -0.1) is 0 Å². The van der Waals surface area contributed by atoms with Crippen LogP contribution in [0.3, 0.4) is 0 Å². The number of thiazole rings is 1. The average Bonchev–Trinajstić information content (AvgIpc) is 3.04. The minimum atomic E-state index is -0.608. The number of hydrogen-bond donors (Lipinski definition) is 1. The van der Waals surface area contributed by atoms with E-state index in [-0.39, 0.29) is 17.9 Å². The first-order valence-corrected chi connectivity index (χ1v) is 10.3. The largest absolute Gasteiger partial charge is 0.508 e. The van der Waals surface area contributed by atoms with E-state index in [9.17, 15) is 14.7 Å². The number of benzene rings is 2. The molecule has 0 unspecified atom stereocenters. The van der Waals surface area contributed by atoms with Crippen molar-refractivity contribution in [2.75, 3.05) is 6.61 Å². The Morgan fingerprint density at radius 3 is 2.57 bits per heavy atom. The summed E-state index contributed by atoms with van der Waals surface area (Å²) in [5, 5.41) is 9.48. The van der Waals surface area contributed by atoms with Crippen LogP contribution in [0.25, 0.3) is 6.08 Å². The van der Waals surface area contributed by atoms with Gasteiger partial charge in [0, 0.05) is 0 Å². The third-order valence-electron chi connectivity index (χ3n) is 4.82. The van der Waals surface area contributed by atoms with Crippen LogP contribution in [0.15, 0.2) is 75.7 Å². The fourth-order valence-electron chi connectivity index (χ4n) is 3.46. The maximum absolute atomic E-state index is 13.4. The van der Waals surface area contributed by atoms with Crippen LogP contribution in [0, 0.1) is 0 Å². The van der Waals surface area contributed by atoms with Crippen molar-refractivity contribution < 1.29 is 14.6 Å². The van der Waals surface area contributed by atoms with Crippen molar-refractivity contribution in [3.05, 3.63) is 96.7 Å². The van der Waals surface area contributed by atoms with Crippen LogP contribution >= 0.6 is 11.3 Å². The number of ether oxygens (including phenoxy) is 1. The first-order chi connectivity index (χ1) is 14.5. The molecule has 0 aliphatic carbocycles. The van der Waals surface area contributed by atoms with E-state index in [1.807, 2.05) is 30.3 Å². The van der Waals surface area contributed by atoms with Gasteiger partial charge < -0.3 is 9.84 Å². The molecule has 0 saturated carbocycles. The van der Waals surface area contributed by atoms with Gasteiger partial charge >= 0.3 is 5.97 Å². The van der Waals surface area contributed by atoms with E-state index < -0.39 is 12.0 Å². The van der Waals surface area contributed by atoms with Crippen molar-refractivity contribution in [1.82, 2.24) is 4.57 Å². The highest BCUT2D eigenvalue weighted by atomic mass is 32.1. The van der Waals surface area contributed by atoms with Crippen molar-refractivity contribution in [2.45, 2.75) is 19.9 Å². The van der Waals surface area contributed by atoms with Crippen LogP contribution in [0.2, 0.25) is 0 Å². The monoisotopic (exact) mass is 420 g/mol. The predicted molar refractivity (Wildman–Crippen MR) is 115 cm³/mol. The number of aromatic hydroxyl groups is 1. The molecule has 152 valence electrons. The molecule has 1 aliphatic rings. The van der Waals surface area contributed by atoms with Crippen molar-refractivity contribution in [2.24, 2.45) is 4.99 Å². The summed E-state index contributed by atoms with van der Waals surface area (Å²) in [6.07, 6.45) is 1.76. The molecule has 7 heteroatoms. The fourth-order valence-corrected chi connectivity index (χ4v) is 4.51. The Morgan fingerprint density at radius 2 is 1.90 bits per heavy atom. The molecule has 30 heavy (non-hydrogen) atoms. The summed E-state index contributed by atoms with van der Waals surface area (Å²) in [5.74, 6) is -0.312. The Bertz CT molecular complexity index is 1300. The Labute approximate surface area is 176 Å². The number of hydrogen-bond acceptors (Lipinski definition) is 6. The van der Waals surface area contributed by atoms with Crippen LogP contribution < -0.4 is 14.9 Å². The van der Waals surface area contributed by atoms with Crippen LogP contribution in [-0.2, 0) is 9.53 Å². The van der Waals surface area contributed by atoms with Crippen LogP contribution in [0.1, 0.15) is 31.0 Å². The second-order valence-corrected chi connectivity index (χ2v) is 7.81. The SMILES string of the molecule is CCOC(=O)C1=C(C)N=c2s/c(=C\c3ccc(O)cc3)c(=O)n2[C@@H]1c1ccccc1. The molecule has 6 nitrogen and oxygen atoms in total. The van der Waals surface area contributed by atoms with E-state index in [0.29, 0.717) is 20.6 Å². The summed E-state index contributed by atoms with van der Waals surface area (Å²) in [4.78, 5) is 31.2. The predicted octanol–water partition coefficient (Wildman–Crippen LogP) is 2.50. The topological polar surface area (TPSA) is 80.9 Å². The molecule has 2 aromatic carbocycles. The number of allylic oxidation sites excluding steroid dienone is 1.